The summed E-state index contributed by atoms with van der Waals surface area (Å²) in [4.78, 5) is 47.3. The number of aliphatic hydroxyl groups is 1. The minimum atomic E-state index is -1.00. The van der Waals surface area contributed by atoms with Gasteiger partial charge in [0.25, 0.3) is 5.91 Å². The van der Waals surface area contributed by atoms with Gasteiger partial charge in [-0.25, -0.2) is 4.98 Å². The predicted octanol–water partition coefficient (Wildman–Crippen LogP) is 4.72. The number of amides is 3. The zero-order valence-electron chi connectivity index (χ0n) is 30.4. The number of aromatic nitrogens is 3. The summed E-state index contributed by atoms with van der Waals surface area (Å²) in [7, 11) is 0. The summed E-state index contributed by atoms with van der Waals surface area (Å²) < 4.78 is 5.77. The maximum absolute atomic E-state index is 14.0. The third-order valence-corrected chi connectivity index (χ3v) is 10.2. The number of nitrogens with zero attached hydrogens (tertiary/aromatic N) is 4. The number of carbonyl (C=O) groups excluding carboxylic acids is 3. The highest BCUT2D eigenvalue weighted by atomic mass is 32.1. The second-order valence-electron chi connectivity index (χ2n) is 14.3. The Kier molecular flexibility index (Phi) is 11.2. The van der Waals surface area contributed by atoms with Crippen molar-refractivity contribution in [1.82, 2.24) is 30.7 Å². The number of aromatic hydroxyl groups is 1. The Balaban J connectivity index is 1.06. The van der Waals surface area contributed by atoms with E-state index >= 15 is 0 Å². The first-order chi connectivity index (χ1) is 25.8. The number of aliphatic hydroxyl groups excluding tert-OH is 1. The average Bonchev–Trinajstić information content (AvgIpc) is 3.77. The fraction of sp³-hybridized carbons (Fsp3) is 0.300. The number of phenolic OH excluding ortho intramolecular Hbond substituents is 1. The quantitative estimate of drug-likeness (QED) is 0.126. The van der Waals surface area contributed by atoms with Crippen LogP contribution in [0.1, 0.15) is 38.4 Å². The van der Waals surface area contributed by atoms with Crippen molar-refractivity contribution < 1.29 is 29.3 Å². The molecule has 0 bridgehead atoms. The van der Waals surface area contributed by atoms with Crippen LogP contribution >= 0.6 is 11.3 Å². The van der Waals surface area contributed by atoms with Gasteiger partial charge in [-0.05, 0) is 59.4 Å². The minimum Gasteiger partial charge on any atom is -0.507 e. The van der Waals surface area contributed by atoms with E-state index in [4.69, 9.17) is 10.5 Å². The highest BCUT2D eigenvalue weighted by Crippen LogP contribution is 2.33. The van der Waals surface area contributed by atoms with E-state index in [0.717, 1.165) is 27.3 Å². The van der Waals surface area contributed by atoms with Crippen molar-refractivity contribution in [1.29, 1.82) is 0 Å². The van der Waals surface area contributed by atoms with Gasteiger partial charge >= 0.3 is 0 Å². The third-order valence-electron chi connectivity index (χ3n) is 9.25. The lowest BCUT2D eigenvalue weighted by atomic mass is 9.85. The van der Waals surface area contributed by atoms with Gasteiger partial charge < -0.3 is 36.2 Å². The number of phenols is 1. The molecule has 0 unspecified atom stereocenters. The molecule has 14 heteroatoms. The Bertz CT molecular complexity index is 2130. The smallest absolute Gasteiger partial charge is 0.258 e. The fourth-order valence-corrected chi connectivity index (χ4v) is 7.13. The van der Waals surface area contributed by atoms with Crippen LogP contribution in [0.15, 0.2) is 84.4 Å². The molecule has 3 heterocycles. The van der Waals surface area contributed by atoms with Crippen molar-refractivity contribution >= 4 is 34.9 Å². The molecule has 1 aliphatic rings. The number of benzene rings is 3. The first-order valence-corrected chi connectivity index (χ1v) is 18.4. The molecule has 0 aliphatic carbocycles. The number of para-hydroxylation sites is 1. The van der Waals surface area contributed by atoms with Gasteiger partial charge in [0.15, 0.2) is 12.4 Å². The average molecular weight is 750 g/mol. The molecule has 13 nitrogen and oxygen atoms in total. The van der Waals surface area contributed by atoms with E-state index < -0.39 is 35.4 Å². The molecule has 54 heavy (non-hydrogen) atoms. The van der Waals surface area contributed by atoms with Gasteiger partial charge in [0.05, 0.1) is 27.9 Å². The Morgan fingerprint density at radius 2 is 1.70 bits per heavy atom. The first kappa shape index (κ1) is 37.9. The molecular weight excluding hydrogens is 707 g/mol. The van der Waals surface area contributed by atoms with Crippen LogP contribution in [0.25, 0.3) is 32.8 Å². The van der Waals surface area contributed by atoms with E-state index in [0.29, 0.717) is 22.6 Å². The van der Waals surface area contributed by atoms with Crippen LogP contribution in [0.3, 0.4) is 0 Å². The number of β-amino-alcohol motifs (C(OH)–C–C–N with tert-alkyl or cyclic N) is 1. The van der Waals surface area contributed by atoms with Crippen molar-refractivity contribution in [2.24, 2.45) is 5.41 Å². The number of hydrogen-bond acceptors (Lipinski definition) is 11. The van der Waals surface area contributed by atoms with E-state index in [1.165, 1.54) is 4.90 Å². The number of rotatable bonds is 11. The predicted molar refractivity (Wildman–Crippen MR) is 206 cm³/mol. The lowest BCUT2D eigenvalue weighted by Crippen LogP contribution is -2.58. The molecule has 3 aromatic carbocycles. The molecule has 3 atom stereocenters. The summed E-state index contributed by atoms with van der Waals surface area (Å²) in [5.41, 5.74) is 12.4. The molecule has 6 N–H and O–H groups in total. The molecule has 0 radical (unpaired) electrons. The number of ether oxygens (including phenoxy) is 1. The second kappa shape index (κ2) is 16.0. The number of carbonyl (C=O) groups is 3. The summed E-state index contributed by atoms with van der Waals surface area (Å²) in [5.74, 6) is -0.695. The van der Waals surface area contributed by atoms with Gasteiger partial charge in [-0.3, -0.25) is 14.4 Å². The van der Waals surface area contributed by atoms with Crippen molar-refractivity contribution in [2.75, 3.05) is 18.9 Å². The number of aryl methyl sites for hydroxylation is 1. The van der Waals surface area contributed by atoms with Crippen LogP contribution in [-0.2, 0) is 20.9 Å². The molecule has 1 aliphatic heterocycles. The molecule has 3 amide bonds. The summed E-state index contributed by atoms with van der Waals surface area (Å²) in [6.07, 6.45) is -0.799. The zero-order valence-corrected chi connectivity index (χ0v) is 31.3. The lowest BCUT2D eigenvalue weighted by Gasteiger charge is -2.35. The van der Waals surface area contributed by atoms with Gasteiger partial charge in [-0.1, -0.05) is 69.3 Å². The van der Waals surface area contributed by atoms with E-state index in [1.54, 1.807) is 65.9 Å². The largest absolute Gasteiger partial charge is 0.507 e. The van der Waals surface area contributed by atoms with Crippen LogP contribution in [0, 0.1) is 12.3 Å². The standard InChI is InChI=1S/C40H43N7O6S/c1-23-35(54-22-43-23)26-11-9-24(10-12-26)19-42-38(51)32-17-27(48)20-47(32)39(52)36(40(2,3)4)44-34(50)21-53-28-15-13-25(14-16-28)30-18-31(45-46-37(30)41)29-7-5-6-8-33(29)49/h5-16,18,22,27,32,36,48-49H,17,19-21H2,1-4H3,(H2,41,46)(H,42,51)(H,44,50)/t27-,32+,36-/m1/s1. The fourth-order valence-electron chi connectivity index (χ4n) is 6.32. The molecule has 280 valence electrons. The first-order valence-electron chi connectivity index (χ1n) is 17.5. The van der Waals surface area contributed by atoms with Crippen LogP contribution in [0.4, 0.5) is 5.82 Å². The van der Waals surface area contributed by atoms with Crippen molar-refractivity contribution in [2.45, 2.75) is 58.8 Å². The summed E-state index contributed by atoms with van der Waals surface area (Å²) in [5, 5.41) is 34.7. The van der Waals surface area contributed by atoms with E-state index in [9.17, 15) is 24.6 Å². The molecule has 1 fully saturated rings. The molecule has 1 saturated heterocycles. The van der Waals surface area contributed by atoms with Gasteiger partial charge in [-0.15, -0.1) is 21.5 Å². The molecule has 0 spiro atoms. The SMILES string of the molecule is Cc1ncsc1-c1ccc(CNC(=O)[C@@H]2C[C@@H](O)CN2C(=O)[C@@H](NC(=O)COc2ccc(-c3cc(-c4ccccc4O)nnc3N)cc2)C(C)(C)C)cc1. The molecule has 6 rings (SSSR count). The van der Waals surface area contributed by atoms with E-state index in [1.807, 2.05) is 57.5 Å². The zero-order chi connectivity index (χ0) is 38.6. The Morgan fingerprint density at radius 3 is 2.37 bits per heavy atom. The minimum absolute atomic E-state index is 0.0311. The molecule has 5 aromatic rings. The number of anilines is 1. The molecular formula is C40H43N7O6S. The molecule has 2 aromatic heterocycles. The van der Waals surface area contributed by atoms with Gasteiger partial charge in [0.2, 0.25) is 11.8 Å². The third kappa shape index (κ3) is 8.67. The molecule has 0 saturated carbocycles. The summed E-state index contributed by atoms with van der Waals surface area (Å²) in [6, 6.07) is 21.4. The van der Waals surface area contributed by atoms with E-state index in [2.05, 4.69) is 25.8 Å². The second-order valence-corrected chi connectivity index (χ2v) is 15.2. The van der Waals surface area contributed by atoms with Crippen LogP contribution in [-0.4, -0.2) is 79.4 Å². The van der Waals surface area contributed by atoms with Gasteiger partial charge in [0, 0.05) is 30.6 Å². The van der Waals surface area contributed by atoms with E-state index in [-0.39, 0.29) is 43.6 Å². The van der Waals surface area contributed by atoms with Crippen LogP contribution in [0.5, 0.6) is 11.5 Å². The maximum Gasteiger partial charge on any atom is 0.258 e. The van der Waals surface area contributed by atoms with Gasteiger partial charge in [-0.2, -0.15) is 0 Å². The summed E-state index contributed by atoms with van der Waals surface area (Å²) >= 11 is 1.57. The van der Waals surface area contributed by atoms with Crippen molar-refractivity contribution in [3.63, 3.8) is 0 Å². The lowest BCUT2D eigenvalue weighted by molar-refractivity contribution is -0.144. The van der Waals surface area contributed by atoms with Crippen molar-refractivity contribution in [3.05, 3.63) is 95.6 Å². The normalized spacial score (nSPS) is 16.1. The summed E-state index contributed by atoms with van der Waals surface area (Å²) in [6.45, 7) is 7.26. The Morgan fingerprint density at radius 1 is 1.00 bits per heavy atom. The number of thiazole rings is 1. The number of hydrogen-bond donors (Lipinski definition) is 5. The Labute approximate surface area is 317 Å². The monoisotopic (exact) mass is 749 g/mol. The highest BCUT2D eigenvalue weighted by Gasteiger charge is 2.44. The van der Waals surface area contributed by atoms with Crippen LogP contribution in [0.2, 0.25) is 0 Å². The van der Waals surface area contributed by atoms with Crippen molar-refractivity contribution in [3.8, 4) is 44.3 Å². The number of likely N-dealkylation sites (tertiary alicyclic amines) is 1. The highest BCUT2D eigenvalue weighted by molar-refractivity contribution is 7.13. The Hall–Kier alpha value is -5.86. The topological polar surface area (TPSA) is 193 Å². The van der Waals surface area contributed by atoms with Gasteiger partial charge in [0.1, 0.15) is 23.6 Å². The van der Waals surface area contributed by atoms with Crippen LogP contribution < -0.4 is 21.1 Å². The number of nitrogens with two attached hydrogens (primary N) is 1. The number of nitrogen functional groups attached to an aromatic ring is 1. The maximum atomic E-state index is 14.0. The number of nitrogens with one attached hydrogen (secondary N) is 2.